The molecule has 1 N–H and O–H groups in total. The van der Waals surface area contributed by atoms with E-state index in [0.717, 1.165) is 5.56 Å². The van der Waals surface area contributed by atoms with E-state index >= 15 is 0 Å². The Hall–Kier alpha value is -1.78. The van der Waals surface area contributed by atoms with Crippen molar-refractivity contribution in [2.75, 3.05) is 5.32 Å². The van der Waals surface area contributed by atoms with Crippen LogP contribution in [-0.2, 0) is 4.79 Å². The molecule has 6 heteroatoms. The van der Waals surface area contributed by atoms with E-state index in [9.17, 15) is 9.59 Å². The Bertz CT molecular complexity index is 720. The van der Waals surface area contributed by atoms with Gasteiger partial charge in [-0.2, -0.15) is 0 Å². The van der Waals surface area contributed by atoms with E-state index in [-0.39, 0.29) is 11.5 Å². The highest BCUT2D eigenvalue weighted by Gasteiger charge is 2.16. The maximum atomic E-state index is 12.2. The number of rotatable bonds is 3. The van der Waals surface area contributed by atoms with Crippen LogP contribution >= 0.6 is 23.2 Å². The number of carbonyl (C=O) groups is 1. The minimum atomic E-state index is -0.643. The molecule has 110 valence electrons. The number of aryl methyl sites for hydroxylation is 1. The fourth-order valence-corrected chi connectivity index (χ4v) is 2.43. The largest absolute Gasteiger partial charge is 0.324 e. The number of nitrogens with zero attached hydrogens (tertiary/aromatic N) is 1. The van der Waals surface area contributed by atoms with Gasteiger partial charge in [0.15, 0.2) is 0 Å². The van der Waals surface area contributed by atoms with Gasteiger partial charge in [0, 0.05) is 28.0 Å². The summed E-state index contributed by atoms with van der Waals surface area (Å²) >= 11 is 11.8. The summed E-state index contributed by atoms with van der Waals surface area (Å²) in [6.07, 6.45) is 1.60. The molecule has 0 spiro atoms. The molecule has 0 saturated heterocycles. The van der Waals surface area contributed by atoms with Crippen molar-refractivity contribution in [3.8, 4) is 0 Å². The predicted molar refractivity (Wildman–Crippen MR) is 85.2 cm³/mol. The lowest BCUT2D eigenvalue weighted by atomic mass is 10.2. The van der Waals surface area contributed by atoms with Gasteiger partial charge < -0.3 is 9.88 Å². The average Bonchev–Trinajstić information content (AvgIpc) is 2.36. The normalized spacial score (nSPS) is 12.0. The topological polar surface area (TPSA) is 51.1 Å². The second-order valence-electron chi connectivity index (χ2n) is 4.77. The van der Waals surface area contributed by atoms with Crippen molar-refractivity contribution in [2.24, 2.45) is 0 Å². The smallest absolute Gasteiger partial charge is 0.251 e. The number of carbonyl (C=O) groups excluding carboxylic acids is 1. The number of aromatic nitrogens is 1. The molecule has 0 radical (unpaired) electrons. The van der Waals surface area contributed by atoms with Crippen molar-refractivity contribution >= 4 is 34.8 Å². The molecule has 0 aliphatic carbocycles. The van der Waals surface area contributed by atoms with Crippen LogP contribution in [0.2, 0.25) is 10.0 Å². The monoisotopic (exact) mass is 324 g/mol. The van der Waals surface area contributed by atoms with E-state index < -0.39 is 6.04 Å². The lowest BCUT2D eigenvalue weighted by molar-refractivity contribution is -0.118. The van der Waals surface area contributed by atoms with Gasteiger partial charge in [0.05, 0.1) is 0 Å². The zero-order valence-corrected chi connectivity index (χ0v) is 13.1. The Labute approximate surface area is 132 Å². The highest BCUT2D eigenvalue weighted by molar-refractivity contribution is 6.35. The second-order valence-corrected chi connectivity index (χ2v) is 5.65. The molecule has 1 amide bonds. The van der Waals surface area contributed by atoms with Gasteiger partial charge in [0.1, 0.15) is 6.04 Å². The number of hydrogen-bond acceptors (Lipinski definition) is 2. The number of halogens is 2. The molecule has 0 saturated carbocycles. The van der Waals surface area contributed by atoms with E-state index in [4.69, 9.17) is 23.2 Å². The second kappa shape index (κ2) is 6.33. The zero-order chi connectivity index (χ0) is 15.6. The highest BCUT2D eigenvalue weighted by Crippen LogP contribution is 2.23. The first kappa shape index (κ1) is 15.6. The van der Waals surface area contributed by atoms with Crippen LogP contribution in [0.25, 0.3) is 0 Å². The summed E-state index contributed by atoms with van der Waals surface area (Å²) in [5.41, 5.74) is 1.12. The van der Waals surface area contributed by atoms with Gasteiger partial charge in [-0.15, -0.1) is 0 Å². The fourth-order valence-electron chi connectivity index (χ4n) is 1.91. The van der Waals surface area contributed by atoms with Crippen LogP contribution in [0.15, 0.2) is 41.3 Å². The average molecular weight is 325 g/mol. The van der Waals surface area contributed by atoms with Crippen LogP contribution < -0.4 is 10.9 Å². The van der Waals surface area contributed by atoms with Gasteiger partial charge in [-0.3, -0.25) is 9.59 Å². The molecule has 1 aromatic heterocycles. The summed E-state index contributed by atoms with van der Waals surface area (Å²) in [5.74, 6) is -0.320. The van der Waals surface area contributed by atoms with Gasteiger partial charge in [-0.05, 0) is 43.7 Å². The summed E-state index contributed by atoms with van der Waals surface area (Å²) in [5, 5.41) is 3.55. The Morgan fingerprint density at radius 2 is 1.81 bits per heavy atom. The lowest BCUT2D eigenvalue weighted by Gasteiger charge is -2.15. The number of pyridine rings is 1. The maximum absolute atomic E-state index is 12.2. The van der Waals surface area contributed by atoms with Crippen LogP contribution in [0.3, 0.4) is 0 Å². The van der Waals surface area contributed by atoms with Crippen LogP contribution in [0.1, 0.15) is 18.5 Å². The van der Waals surface area contributed by atoms with Gasteiger partial charge in [0.2, 0.25) is 5.91 Å². The summed E-state index contributed by atoms with van der Waals surface area (Å²) < 4.78 is 1.37. The molecule has 0 aliphatic rings. The third-order valence-electron chi connectivity index (χ3n) is 3.03. The summed E-state index contributed by atoms with van der Waals surface area (Å²) in [6.45, 7) is 3.47. The van der Waals surface area contributed by atoms with Crippen molar-refractivity contribution in [2.45, 2.75) is 19.9 Å². The van der Waals surface area contributed by atoms with Gasteiger partial charge in [-0.25, -0.2) is 0 Å². The van der Waals surface area contributed by atoms with E-state index in [1.165, 1.54) is 10.6 Å². The van der Waals surface area contributed by atoms with Crippen molar-refractivity contribution in [1.29, 1.82) is 0 Å². The Morgan fingerprint density at radius 3 is 2.38 bits per heavy atom. The standard InChI is InChI=1S/C15H14Cl2N2O2/c1-9-3-4-19(14(20)5-9)10(2)15(21)18-13-7-11(16)6-12(17)8-13/h3-8,10H,1-2H3,(H,18,21). The van der Waals surface area contributed by atoms with Gasteiger partial charge >= 0.3 is 0 Å². The van der Waals surface area contributed by atoms with E-state index in [1.807, 2.05) is 6.92 Å². The van der Waals surface area contributed by atoms with Crippen LogP contribution in [0.5, 0.6) is 0 Å². The minimum Gasteiger partial charge on any atom is -0.324 e. The third kappa shape index (κ3) is 3.86. The van der Waals surface area contributed by atoms with E-state index in [1.54, 1.807) is 37.4 Å². The molecular formula is C15H14Cl2N2O2. The molecule has 0 fully saturated rings. The predicted octanol–water partition coefficient (Wildman–Crippen LogP) is 3.66. The zero-order valence-electron chi connectivity index (χ0n) is 11.6. The van der Waals surface area contributed by atoms with Crippen LogP contribution in [0.4, 0.5) is 5.69 Å². The van der Waals surface area contributed by atoms with Crippen molar-refractivity contribution in [1.82, 2.24) is 4.57 Å². The maximum Gasteiger partial charge on any atom is 0.251 e. The first-order valence-electron chi connectivity index (χ1n) is 6.32. The molecule has 1 heterocycles. The quantitative estimate of drug-likeness (QED) is 0.936. The molecule has 1 aromatic carbocycles. The molecule has 1 atom stereocenters. The Morgan fingerprint density at radius 1 is 1.19 bits per heavy atom. The van der Waals surface area contributed by atoms with Gasteiger partial charge in [0.25, 0.3) is 5.56 Å². The molecule has 4 nitrogen and oxygen atoms in total. The third-order valence-corrected chi connectivity index (χ3v) is 3.47. The van der Waals surface area contributed by atoms with Crippen molar-refractivity contribution < 1.29 is 4.79 Å². The molecule has 0 aliphatic heterocycles. The molecular weight excluding hydrogens is 311 g/mol. The van der Waals surface area contributed by atoms with Crippen LogP contribution in [-0.4, -0.2) is 10.5 Å². The molecule has 2 aromatic rings. The Balaban J connectivity index is 2.21. The molecule has 0 bridgehead atoms. The molecule has 1 unspecified atom stereocenters. The lowest BCUT2D eigenvalue weighted by Crippen LogP contribution is -2.31. The fraction of sp³-hybridized carbons (Fsp3) is 0.200. The van der Waals surface area contributed by atoms with Crippen molar-refractivity contribution in [3.05, 3.63) is 62.5 Å². The minimum absolute atomic E-state index is 0.221. The summed E-state index contributed by atoms with van der Waals surface area (Å²) in [7, 11) is 0. The first-order valence-corrected chi connectivity index (χ1v) is 7.08. The summed E-state index contributed by atoms with van der Waals surface area (Å²) in [6, 6.07) is 7.39. The first-order chi connectivity index (χ1) is 9.86. The summed E-state index contributed by atoms with van der Waals surface area (Å²) in [4.78, 5) is 24.1. The molecule has 2 rings (SSSR count). The van der Waals surface area contributed by atoms with Crippen molar-refractivity contribution in [3.63, 3.8) is 0 Å². The SMILES string of the molecule is Cc1ccn(C(C)C(=O)Nc2cc(Cl)cc(Cl)c2)c(=O)c1. The highest BCUT2D eigenvalue weighted by atomic mass is 35.5. The number of anilines is 1. The van der Waals surface area contributed by atoms with Crippen LogP contribution in [0, 0.1) is 6.92 Å². The number of benzene rings is 1. The Kier molecular flexibility index (Phi) is 4.70. The van der Waals surface area contributed by atoms with E-state index in [0.29, 0.717) is 15.7 Å². The number of hydrogen-bond donors (Lipinski definition) is 1. The van der Waals surface area contributed by atoms with E-state index in [2.05, 4.69) is 5.32 Å². The molecule has 21 heavy (non-hydrogen) atoms. The number of amides is 1. The van der Waals surface area contributed by atoms with Gasteiger partial charge in [-0.1, -0.05) is 23.2 Å². The number of nitrogens with one attached hydrogen (secondary N) is 1.